The van der Waals surface area contributed by atoms with Gasteiger partial charge in [-0.05, 0) is 29.8 Å². The minimum absolute atomic E-state index is 0.0253. The van der Waals surface area contributed by atoms with E-state index in [1.165, 1.54) is 6.07 Å². The fourth-order valence-corrected chi connectivity index (χ4v) is 3.82. The van der Waals surface area contributed by atoms with Gasteiger partial charge in [0.15, 0.2) is 0 Å². The maximum Gasteiger partial charge on any atom is 0.237 e. The predicted molar refractivity (Wildman–Crippen MR) is 117 cm³/mol. The van der Waals surface area contributed by atoms with Gasteiger partial charge in [0.1, 0.15) is 11.6 Å². The molecule has 1 saturated heterocycles. The van der Waals surface area contributed by atoms with Crippen LogP contribution in [0.25, 0.3) is 0 Å². The number of hydrogen-bond donors (Lipinski definition) is 1. The quantitative estimate of drug-likeness (QED) is 0.586. The predicted octanol–water partition coefficient (Wildman–Crippen LogP) is 2.99. The van der Waals surface area contributed by atoms with Crippen molar-refractivity contribution >= 4 is 5.91 Å². The van der Waals surface area contributed by atoms with Crippen molar-refractivity contribution in [3.8, 4) is 5.75 Å². The van der Waals surface area contributed by atoms with E-state index >= 15 is 0 Å². The average molecular weight is 439 g/mol. The Labute approximate surface area is 186 Å². The Morgan fingerprint density at radius 1 is 1.09 bits per heavy atom. The summed E-state index contributed by atoms with van der Waals surface area (Å²) in [6.45, 7) is 2.44. The highest BCUT2D eigenvalue weighted by atomic mass is 19.1. The summed E-state index contributed by atoms with van der Waals surface area (Å²) < 4.78 is 25.4. The molecule has 1 aliphatic heterocycles. The molecule has 4 rings (SSSR count). The third-order valence-electron chi connectivity index (χ3n) is 5.51. The van der Waals surface area contributed by atoms with E-state index in [9.17, 15) is 9.18 Å². The van der Waals surface area contributed by atoms with Gasteiger partial charge in [-0.3, -0.25) is 14.8 Å². The van der Waals surface area contributed by atoms with Crippen molar-refractivity contribution in [2.24, 2.45) is 0 Å². The largest absolute Gasteiger partial charge is 0.497 e. The van der Waals surface area contributed by atoms with Crippen molar-refractivity contribution in [3.05, 3.63) is 83.4 Å². The molecule has 0 radical (unpaired) electrons. The topological polar surface area (TPSA) is 70.7 Å². The van der Waals surface area contributed by atoms with E-state index in [2.05, 4.69) is 10.2 Å². The molecule has 1 N–H and O–H groups in total. The number of nitrogens with zero attached hydrogens (tertiary/aromatic N) is 3. The molecule has 0 saturated carbocycles. The first kappa shape index (κ1) is 22.0. The van der Waals surface area contributed by atoms with Crippen molar-refractivity contribution < 1.29 is 18.7 Å². The lowest BCUT2D eigenvalue weighted by Gasteiger charge is -2.25. The number of hydrogen-bond acceptors (Lipinski definition) is 5. The van der Waals surface area contributed by atoms with Crippen LogP contribution in [0.15, 0.2) is 60.8 Å². The Balaban J connectivity index is 1.48. The van der Waals surface area contributed by atoms with Crippen molar-refractivity contribution in [2.75, 3.05) is 26.7 Å². The molecule has 1 aromatic heterocycles. The molecular formula is C24H27FN4O3. The Hall–Kier alpha value is -3.23. The number of benzene rings is 2. The Morgan fingerprint density at radius 2 is 1.91 bits per heavy atom. The Morgan fingerprint density at radius 3 is 2.62 bits per heavy atom. The van der Waals surface area contributed by atoms with Crippen LogP contribution in [0.5, 0.6) is 5.75 Å². The number of aromatic nitrogens is 2. The SMILES string of the molecule is COc1ccc(CN2CC(OCc3ccccc3F)CN(Cc3ccn[nH]3)CC2=O)cc1. The van der Waals surface area contributed by atoms with Gasteiger partial charge in [0.05, 0.1) is 26.4 Å². The van der Waals surface area contributed by atoms with E-state index in [-0.39, 0.29) is 31.0 Å². The number of halogens is 1. The summed E-state index contributed by atoms with van der Waals surface area (Å²) >= 11 is 0. The molecule has 8 heteroatoms. The van der Waals surface area contributed by atoms with Gasteiger partial charge in [-0.15, -0.1) is 0 Å². The van der Waals surface area contributed by atoms with E-state index in [1.807, 2.05) is 35.2 Å². The van der Waals surface area contributed by atoms with Gasteiger partial charge in [0, 0.05) is 43.6 Å². The standard InChI is InChI=1S/C24H27FN4O3/c1-31-21-8-6-18(7-9-21)12-29-15-22(32-17-19-4-2-3-5-23(19)25)14-28(16-24(29)30)13-20-10-11-26-27-20/h2-11,22H,12-17H2,1H3,(H,26,27). The lowest BCUT2D eigenvalue weighted by molar-refractivity contribution is -0.132. The van der Waals surface area contributed by atoms with Gasteiger partial charge in [-0.2, -0.15) is 5.10 Å². The second kappa shape index (κ2) is 10.4. The molecule has 1 fully saturated rings. The number of amides is 1. The summed E-state index contributed by atoms with van der Waals surface area (Å²) in [5.74, 6) is 0.506. The molecule has 2 aromatic carbocycles. The van der Waals surface area contributed by atoms with Crippen molar-refractivity contribution in [1.82, 2.24) is 20.0 Å². The lowest BCUT2D eigenvalue weighted by atomic mass is 10.2. The molecule has 7 nitrogen and oxygen atoms in total. The van der Waals surface area contributed by atoms with E-state index in [0.717, 1.165) is 17.0 Å². The van der Waals surface area contributed by atoms with Crippen LogP contribution in [0.3, 0.4) is 0 Å². The molecule has 1 aliphatic rings. The zero-order valence-corrected chi connectivity index (χ0v) is 18.0. The normalized spacial score (nSPS) is 17.4. The molecule has 3 aromatic rings. The molecule has 168 valence electrons. The van der Waals surface area contributed by atoms with Gasteiger partial charge >= 0.3 is 0 Å². The summed E-state index contributed by atoms with van der Waals surface area (Å²) in [7, 11) is 1.62. The van der Waals surface area contributed by atoms with E-state index in [4.69, 9.17) is 9.47 Å². The minimum Gasteiger partial charge on any atom is -0.497 e. The zero-order chi connectivity index (χ0) is 22.3. The first-order chi connectivity index (χ1) is 15.6. The molecule has 0 bridgehead atoms. The fraction of sp³-hybridized carbons (Fsp3) is 0.333. The molecule has 0 spiro atoms. The summed E-state index contributed by atoms with van der Waals surface area (Å²) in [6.07, 6.45) is 1.43. The number of carbonyl (C=O) groups excluding carboxylic acids is 1. The number of carbonyl (C=O) groups is 1. The fourth-order valence-electron chi connectivity index (χ4n) is 3.82. The summed E-state index contributed by atoms with van der Waals surface area (Å²) in [5.41, 5.74) is 2.44. The van der Waals surface area contributed by atoms with Crippen LogP contribution in [0, 0.1) is 5.82 Å². The minimum atomic E-state index is -0.290. The maximum atomic E-state index is 14.1. The molecule has 0 aliphatic carbocycles. The summed E-state index contributed by atoms with van der Waals surface area (Å²) in [4.78, 5) is 16.9. The molecule has 1 unspecified atom stereocenters. The lowest BCUT2D eigenvalue weighted by Crippen LogP contribution is -2.37. The van der Waals surface area contributed by atoms with Crippen LogP contribution in [-0.4, -0.2) is 58.8 Å². The van der Waals surface area contributed by atoms with Crippen molar-refractivity contribution in [2.45, 2.75) is 25.8 Å². The van der Waals surface area contributed by atoms with Crippen LogP contribution in [0.4, 0.5) is 4.39 Å². The van der Waals surface area contributed by atoms with Gasteiger partial charge in [0.2, 0.25) is 5.91 Å². The molecule has 1 amide bonds. The van der Waals surface area contributed by atoms with Crippen molar-refractivity contribution in [1.29, 1.82) is 0 Å². The third-order valence-corrected chi connectivity index (χ3v) is 5.51. The van der Waals surface area contributed by atoms with Gasteiger partial charge < -0.3 is 14.4 Å². The summed E-state index contributed by atoms with van der Waals surface area (Å²) in [5, 5.41) is 6.93. The first-order valence-corrected chi connectivity index (χ1v) is 10.6. The van der Waals surface area contributed by atoms with Gasteiger partial charge in [-0.1, -0.05) is 30.3 Å². The number of nitrogens with one attached hydrogen (secondary N) is 1. The zero-order valence-electron chi connectivity index (χ0n) is 18.0. The van der Waals surface area contributed by atoms with Gasteiger partial charge in [-0.25, -0.2) is 4.39 Å². The highest BCUT2D eigenvalue weighted by Gasteiger charge is 2.29. The molecule has 2 heterocycles. The van der Waals surface area contributed by atoms with Crippen LogP contribution in [0.1, 0.15) is 16.8 Å². The van der Waals surface area contributed by atoms with Crippen LogP contribution in [-0.2, 0) is 29.2 Å². The average Bonchev–Trinajstić information content (AvgIpc) is 3.26. The number of H-pyrrole nitrogens is 1. The highest BCUT2D eigenvalue weighted by Crippen LogP contribution is 2.18. The maximum absolute atomic E-state index is 14.1. The van der Waals surface area contributed by atoms with E-state index in [0.29, 0.717) is 31.7 Å². The number of rotatable bonds is 8. The van der Waals surface area contributed by atoms with Crippen LogP contribution < -0.4 is 4.74 Å². The van der Waals surface area contributed by atoms with Gasteiger partial charge in [0.25, 0.3) is 0 Å². The third kappa shape index (κ3) is 5.72. The second-order valence-corrected chi connectivity index (χ2v) is 7.90. The first-order valence-electron chi connectivity index (χ1n) is 10.6. The van der Waals surface area contributed by atoms with E-state index in [1.54, 1.807) is 36.4 Å². The second-order valence-electron chi connectivity index (χ2n) is 7.90. The van der Waals surface area contributed by atoms with Crippen molar-refractivity contribution in [3.63, 3.8) is 0 Å². The van der Waals surface area contributed by atoms with Crippen LogP contribution in [0.2, 0.25) is 0 Å². The molecule has 32 heavy (non-hydrogen) atoms. The van der Waals surface area contributed by atoms with E-state index < -0.39 is 0 Å². The smallest absolute Gasteiger partial charge is 0.237 e. The Kier molecular flexibility index (Phi) is 7.14. The van der Waals surface area contributed by atoms with Crippen LogP contribution >= 0.6 is 0 Å². The number of methoxy groups -OCH3 is 1. The number of aromatic amines is 1. The highest BCUT2D eigenvalue weighted by molar-refractivity contribution is 5.78. The summed E-state index contributed by atoms with van der Waals surface area (Å²) in [6, 6.07) is 16.2. The molecule has 1 atom stereocenters. The molecular weight excluding hydrogens is 411 g/mol. The number of ether oxygens (including phenoxy) is 2. The Bertz CT molecular complexity index is 1010. The monoisotopic (exact) mass is 438 g/mol.